The highest BCUT2D eigenvalue weighted by atomic mass is 15.2. The van der Waals surface area contributed by atoms with E-state index in [1.807, 2.05) is 31.5 Å². The van der Waals surface area contributed by atoms with Gasteiger partial charge >= 0.3 is 0 Å². The van der Waals surface area contributed by atoms with Gasteiger partial charge in [-0.25, -0.2) is 4.98 Å². The van der Waals surface area contributed by atoms with Crippen molar-refractivity contribution in [3.8, 4) is 11.9 Å². The molecular weight excluding hydrogens is 238 g/mol. The molecule has 0 unspecified atom stereocenters. The Bertz CT molecular complexity index is 621. The summed E-state index contributed by atoms with van der Waals surface area (Å²) in [6.45, 7) is 6.09. The zero-order valence-corrected chi connectivity index (χ0v) is 11.5. The van der Waals surface area contributed by atoms with Crippen molar-refractivity contribution in [3.05, 3.63) is 35.0 Å². The van der Waals surface area contributed by atoms with Crippen LogP contribution in [0.5, 0.6) is 0 Å². The molecule has 2 rings (SSSR count). The van der Waals surface area contributed by atoms with Crippen LogP contribution < -0.4 is 0 Å². The van der Waals surface area contributed by atoms with Gasteiger partial charge in [0.2, 0.25) is 0 Å². The Balaban J connectivity index is 2.69. The van der Waals surface area contributed by atoms with E-state index < -0.39 is 0 Å². The smallest absolute Gasteiger partial charge is 0.179 e. The molecule has 2 heterocycles. The molecular formula is C14H17N5. The first-order valence-electron chi connectivity index (χ1n) is 6.57. The Morgan fingerprint density at radius 3 is 2.53 bits per heavy atom. The van der Waals surface area contributed by atoms with Crippen molar-refractivity contribution in [2.75, 3.05) is 0 Å². The Kier molecular flexibility index (Phi) is 3.91. The van der Waals surface area contributed by atoms with Gasteiger partial charge in [0.1, 0.15) is 17.5 Å². The zero-order valence-electron chi connectivity index (χ0n) is 11.5. The molecule has 0 aliphatic rings. The maximum absolute atomic E-state index is 9.46. The molecule has 0 amide bonds. The molecule has 0 atom stereocenters. The van der Waals surface area contributed by atoms with Gasteiger partial charge < -0.3 is 0 Å². The fourth-order valence-corrected chi connectivity index (χ4v) is 2.24. The highest BCUT2D eigenvalue weighted by molar-refractivity contribution is 5.50. The van der Waals surface area contributed by atoms with E-state index in [1.54, 1.807) is 6.20 Å². The van der Waals surface area contributed by atoms with Crippen molar-refractivity contribution in [1.82, 2.24) is 19.7 Å². The van der Waals surface area contributed by atoms with Crippen LogP contribution >= 0.6 is 0 Å². The van der Waals surface area contributed by atoms with E-state index in [0.29, 0.717) is 11.4 Å². The number of hydrogen-bond acceptors (Lipinski definition) is 4. The summed E-state index contributed by atoms with van der Waals surface area (Å²) >= 11 is 0. The van der Waals surface area contributed by atoms with E-state index in [9.17, 15) is 5.26 Å². The molecule has 19 heavy (non-hydrogen) atoms. The van der Waals surface area contributed by atoms with E-state index in [0.717, 1.165) is 36.3 Å². The quantitative estimate of drug-likeness (QED) is 0.840. The fraction of sp³-hybridized carbons (Fsp3) is 0.429. The molecule has 5 nitrogen and oxygen atoms in total. The molecule has 2 aromatic heterocycles. The highest BCUT2D eigenvalue weighted by Crippen LogP contribution is 2.20. The predicted molar refractivity (Wildman–Crippen MR) is 72.0 cm³/mol. The number of aromatic nitrogens is 4. The maximum Gasteiger partial charge on any atom is 0.179 e. The molecule has 0 bridgehead atoms. The number of aryl methyl sites for hydroxylation is 2. The number of nitrogens with zero attached hydrogens (tertiary/aromatic N) is 5. The molecule has 0 saturated heterocycles. The van der Waals surface area contributed by atoms with Gasteiger partial charge in [-0.05, 0) is 18.4 Å². The minimum absolute atomic E-state index is 0.589. The zero-order chi connectivity index (χ0) is 13.8. The lowest BCUT2D eigenvalue weighted by Crippen LogP contribution is -2.11. The summed E-state index contributed by atoms with van der Waals surface area (Å²) in [7, 11) is 0. The van der Waals surface area contributed by atoms with E-state index in [2.05, 4.69) is 21.3 Å². The molecule has 0 fully saturated rings. The second kappa shape index (κ2) is 5.61. The van der Waals surface area contributed by atoms with E-state index in [-0.39, 0.29) is 0 Å². The summed E-state index contributed by atoms with van der Waals surface area (Å²) in [6.07, 6.45) is 5.91. The Morgan fingerprint density at radius 2 is 1.95 bits per heavy atom. The number of hydrogen-bond donors (Lipinski definition) is 0. The van der Waals surface area contributed by atoms with E-state index in [4.69, 9.17) is 0 Å². The van der Waals surface area contributed by atoms with Crippen LogP contribution in [0.4, 0.5) is 0 Å². The first-order chi connectivity index (χ1) is 9.26. The van der Waals surface area contributed by atoms with Gasteiger partial charge in [0.25, 0.3) is 0 Å². The summed E-state index contributed by atoms with van der Waals surface area (Å²) in [5.74, 6) is 1.48. The van der Waals surface area contributed by atoms with Crippen LogP contribution in [0.15, 0.2) is 12.4 Å². The van der Waals surface area contributed by atoms with Gasteiger partial charge in [0.05, 0.1) is 5.69 Å². The molecule has 5 heteroatoms. The summed E-state index contributed by atoms with van der Waals surface area (Å²) in [4.78, 5) is 4.27. The molecule has 0 aliphatic carbocycles. The highest BCUT2D eigenvalue weighted by Gasteiger charge is 2.17. The predicted octanol–water partition coefficient (Wildman–Crippen LogP) is 2.22. The third kappa shape index (κ3) is 2.22. The van der Waals surface area contributed by atoms with Crippen LogP contribution in [0.25, 0.3) is 5.82 Å². The van der Waals surface area contributed by atoms with Gasteiger partial charge in [-0.15, -0.1) is 5.10 Å². The van der Waals surface area contributed by atoms with Crippen molar-refractivity contribution >= 4 is 0 Å². The molecule has 0 N–H and O–H groups in total. The van der Waals surface area contributed by atoms with Crippen molar-refractivity contribution in [2.24, 2.45) is 0 Å². The lowest BCUT2D eigenvalue weighted by atomic mass is 10.0. The fourth-order valence-electron chi connectivity index (χ4n) is 2.24. The van der Waals surface area contributed by atoms with Crippen molar-refractivity contribution in [3.63, 3.8) is 0 Å². The molecule has 0 saturated carbocycles. The van der Waals surface area contributed by atoms with Crippen LogP contribution in [-0.2, 0) is 19.3 Å². The molecule has 2 aromatic rings. The maximum atomic E-state index is 9.46. The minimum Gasteiger partial charge on any atom is -0.285 e. The van der Waals surface area contributed by atoms with Crippen molar-refractivity contribution in [1.29, 1.82) is 5.26 Å². The van der Waals surface area contributed by atoms with E-state index >= 15 is 0 Å². The minimum atomic E-state index is 0.589. The number of rotatable bonds is 4. The Hall–Kier alpha value is -2.22. The van der Waals surface area contributed by atoms with Gasteiger partial charge in [0.15, 0.2) is 5.82 Å². The first kappa shape index (κ1) is 13.2. The molecule has 98 valence electrons. The average Bonchev–Trinajstić information content (AvgIpc) is 2.93. The van der Waals surface area contributed by atoms with Gasteiger partial charge in [-0.1, -0.05) is 20.8 Å². The van der Waals surface area contributed by atoms with Gasteiger partial charge in [-0.3, -0.25) is 4.57 Å². The van der Waals surface area contributed by atoms with Crippen LogP contribution in [0, 0.1) is 11.3 Å². The summed E-state index contributed by atoms with van der Waals surface area (Å²) in [5, 5.41) is 17.9. The number of nitriles is 1. The van der Waals surface area contributed by atoms with Crippen LogP contribution in [0.2, 0.25) is 0 Å². The largest absolute Gasteiger partial charge is 0.285 e. The topological polar surface area (TPSA) is 67.4 Å². The van der Waals surface area contributed by atoms with Gasteiger partial charge in [0, 0.05) is 18.8 Å². The molecule has 0 aromatic carbocycles. The van der Waals surface area contributed by atoms with Crippen molar-refractivity contribution in [2.45, 2.75) is 40.0 Å². The van der Waals surface area contributed by atoms with Crippen molar-refractivity contribution < 1.29 is 0 Å². The second-order valence-electron chi connectivity index (χ2n) is 4.21. The standard InChI is InChI=1S/C14H17N5/c1-4-10-11(9-15)14(18-17-12(10)5-2)19-8-7-16-13(19)6-3/h7-8H,4-6H2,1-3H3. The lowest BCUT2D eigenvalue weighted by molar-refractivity contribution is 0.798. The Labute approximate surface area is 112 Å². The van der Waals surface area contributed by atoms with Crippen LogP contribution in [0.3, 0.4) is 0 Å². The average molecular weight is 255 g/mol. The lowest BCUT2D eigenvalue weighted by Gasteiger charge is -2.12. The molecule has 0 radical (unpaired) electrons. The summed E-state index contributed by atoms with van der Waals surface area (Å²) in [6, 6.07) is 2.28. The van der Waals surface area contributed by atoms with E-state index in [1.165, 1.54) is 0 Å². The second-order valence-corrected chi connectivity index (χ2v) is 4.21. The van der Waals surface area contributed by atoms with Crippen LogP contribution in [-0.4, -0.2) is 19.7 Å². The first-order valence-corrected chi connectivity index (χ1v) is 6.57. The SMILES string of the molecule is CCc1nnc(-n2ccnc2CC)c(C#N)c1CC. The molecule has 0 spiro atoms. The Morgan fingerprint density at radius 1 is 1.16 bits per heavy atom. The summed E-state index contributed by atoms with van der Waals surface area (Å²) < 4.78 is 1.85. The third-order valence-corrected chi connectivity index (χ3v) is 3.20. The summed E-state index contributed by atoms with van der Waals surface area (Å²) in [5.41, 5.74) is 2.51. The van der Waals surface area contributed by atoms with Crippen LogP contribution in [0.1, 0.15) is 43.4 Å². The van der Waals surface area contributed by atoms with Gasteiger partial charge in [-0.2, -0.15) is 10.4 Å². The normalized spacial score (nSPS) is 10.4. The molecule has 0 aliphatic heterocycles. The monoisotopic (exact) mass is 255 g/mol. The number of imidazole rings is 1. The third-order valence-electron chi connectivity index (χ3n) is 3.20.